The lowest BCUT2D eigenvalue weighted by Crippen LogP contribution is -1.88. The standard InChI is InChI=1S/C11H13N3/c1-7(2)11-13-9-5-3-4-8(6-12)10(9)14-11/h3-7,12H,1-2H3,(H,13,14). The first kappa shape index (κ1) is 8.94. The molecule has 0 aliphatic carbocycles. The molecule has 0 aliphatic rings. The van der Waals surface area contributed by atoms with Crippen LogP contribution >= 0.6 is 0 Å². The number of nitrogens with zero attached hydrogens (tertiary/aromatic N) is 1. The summed E-state index contributed by atoms with van der Waals surface area (Å²) in [7, 11) is 0. The van der Waals surface area contributed by atoms with E-state index in [4.69, 9.17) is 5.41 Å². The molecule has 2 N–H and O–H groups in total. The molecule has 0 bridgehead atoms. The van der Waals surface area contributed by atoms with E-state index in [9.17, 15) is 0 Å². The molecule has 0 amide bonds. The molecule has 2 aromatic rings. The van der Waals surface area contributed by atoms with E-state index in [2.05, 4.69) is 23.8 Å². The van der Waals surface area contributed by atoms with E-state index < -0.39 is 0 Å². The predicted octanol–water partition coefficient (Wildman–Crippen LogP) is 2.68. The summed E-state index contributed by atoms with van der Waals surface area (Å²) in [4.78, 5) is 7.73. The average Bonchev–Trinajstić information content (AvgIpc) is 2.60. The monoisotopic (exact) mass is 187 g/mol. The van der Waals surface area contributed by atoms with Gasteiger partial charge >= 0.3 is 0 Å². The van der Waals surface area contributed by atoms with Gasteiger partial charge < -0.3 is 10.4 Å². The Morgan fingerprint density at radius 2 is 2.21 bits per heavy atom. The highest BCUT2D eigenvalue weighted by molar-refractivity contribution is 5.95. The van der Waals surface area contributed by atoms with Crippen LogP contribution < -0.4 is 0 Å². The number of benzene rings is 1. The van der Waals surface area contributed by atoms with Gasteiger partial charge in [0.1, 0.15) is 5.82 Å². The Balaban J connectivity index is 2.70. The van der Waals surface area contributed by atoms with Crippen molar-refractivity contribution >= 4 is 17.2 Å². The summed E-state index contributed by atoms with van der Waals surface area (Å²) in [5.41, 5.74) is 2.77. The Bertz CT molecular complexity index is 468. The average molecular weight is 187 g/mol. The second-order valence-electron chi connectivity index (χ2n) is 3.66. The first-order valence-electron chi connectivity index (χ1n) is 4.71. The summed E-state index contributed by atoms with van der Waals surface area (Å²) < 4.78 is 0. The van der Waals surface area contributed by atoms with Crippen LogP contribution in [0.4, 0.5) is 0 Å². The van der Waals surface area contributed by atoms with Gasteiger partial charge in [0.2, 0.25) is 0 Å². The Morgan fingerprint density at radius 1 is 1.43 bits per heavy atom. The molecule has 2 rings (SSSR count). The molecule has 0 radical (unpaired) electrons. The van der Waals surface area contributed by atoms with Crippen molar-refractivity contribution in [1.82, 2.24) is 9.97 Å². The number of rotatable bonds is 2. The molecule has 1 heterocycles. The van der Waals surface area contributed by atoms with Crippen molar-refractivity contribution < 1.29 is 0 Å². The zero-order valence-corrected chi connectivity index (χ0v) is 8.33. The van der Waals surface area contributed by atoms with Crippen LogP contribution in [0.15, 0.2) is 18.2 Å². The third kappa shape index (κ3) is 1.31. The summed E-state index contributed by atoms with van der Waals surface area (Å²) in [5, 5.41) is 7.26. The summed E-state index contributed by atoms with van der Waals surface area (Å²) in [6.45, 7) is 4.20. The van der Waals surface area contributed by atoms with Crippen molar-refractivity contribution in [3.63, 3.8) is 0 Å². The van der Waals surface area contributed by atoms with Crippen LogP contribution in [0.3, 0.4) is 0 Å². The van der Waals surface area contributed by atoms with Crippen molar-refractivity contribution in [3.8, 4) is 0 Å². The second-order valence-corrected chi connectivity index (χ2v) is 3.66. The van der Waals surface area contributed by atoms with Gasteiger partial charge in [0.05, 0.1) is 11.0 Å². The topological polar surface area (TPSA) is 52.5 Å². The molecular weight excluding hydrogens is 174 g/mol. The van der Waals surface area contributed by atoms with Crippen molar-refractivity contribution in [2.45, 2.75) is 19.8 Å². The maximum absolute atomic E-state index is 7.26. The smallest absolute Gasteiger partial charge is 0.109 e. The zero-order valence-electron chi connectivity index (χ0n) is 8.33. The van der Waals surface area contributed by atoms with Crippen molar-refractivity contribution in [1.29, 1.82) is 5.41 Å². The summed E-state index contributed by atoms with van der Waals surface area (Å²) in [6.07, 6.45) is 1.34. The third-order valence-corrected chi connectivity index (χ3v) is 2.26. The van der Waals surface area contributed by atoms with Gasteiger partial charge in [0.15, 0.2) is 0 Å². The highest BCUT2D eigenvalue weighted by Gasteiger charge is 2.07. The number of nitrogens with one attached hydrogen (secondary N) is 2. The van der Waals surface area contributed by atoms with Crippen LogP contribution in [0, 0.1) is 5.41 Å². The SMILES string of the molecule is CC(C)c1nc2c(C=N)cccc2[nH]1. The zero-order chi connectivity index (χ0) is 10.1. The lowest BCUT2D eigenvalue weighted by atomic mass is 10.2. The maximum atomic E-state index is 7.26. The van der Waals surface area contributed by atoms with Gasteiger partial charge in [-0.15, -0.1) is 0 Å². The summed E-state index contributed by atoms with van der Waals surface area (Å²) in [5.74, 6) is 1.37. The van der Waals surface area contributed by atoms with E-state index in [1.54, 1.807) is 0 Å². The highest BCUT2D eigenvalue weighted by Crippen LogP contribution is 2.18. The van der Waals surface area contributed by atoms with Gasteiger partial charge in [-0.2, -0.15) is 0 Å². The Morgan fingerprint density at radius 3 is 2.86 bits per heavy atom. The van der Waals surface area contributed by atoms with E-state index in [0.29, 0.717) is 5.92 Å². The largest absolute Gasteiger partial charge is 0.342 e. The molecule has 0 unspecified atom stereocenters. The third-order valence-electron chi connectivity index (χ3n) is 2.26. The van der Waals surface area contributed by atoms with E-state index in [1.807, 2.05) is 18.2 Å². The van der Waals surface area contributed by atoms with Crippen molar-refractivity contribution in [2.75, 3.05) is 0 Å². The number of aromatic nitrogens is 2. The Labute approximate surface area is 82.7 Å². The van der Waals surface area contributed by atoms with Crippen LogP contribution in [0.5, 0.6) is 0 Å². The molecule has 14 heavy (non-hydrogen) atoms. The fourth-order valence-electron chi connectivity index (χ4n) is 1.46. The van der Waals surface area contributed by atoms with Crippen LogP contribution in [-0.4, -0.2) is 16.2 Å². The first-order chi connectivity index (χ1) is 6.72. The molecule has 1 aromatic heterocycles. The van der Waals surface area contributed by atoms with Gasteiger partial charge in [0.25, 0.3) is 0 Å². The lowest BCUT2D eigenvalue weighted by Gasteiger charge is -1.95. The maximum Gasteiger partial charge on any atom is 0.109 e. The normalized spacial score (nSPS) is 11.1. The van der Waals surface area contributed by atoms with Crippen LogP contribution in [0.1, 0.15) is 31.2 Å². The van der Waals surface area contributed by atoms with Crippen LogP contribution in [0.25, 0.3) is 11.0 Å². The molecule has 0 saturated carbocycles. The number of para-hydroxylation sites is 1. The number of hydrogen-bond donors (Lipinski definition) is 2. The fourth-order valence-corrected chi connectivity index (χ4v) is 1.46. The summed E-state index contributed by atoms with van der Waals surface area (Å²) >= 11 is 0. The van der Waals surface area contributed by atoms with E-state index in [-0.39, 0.29) is 0 Å². The number of hydrogen-bond acceptors (Lipinski definition) is 2. The summed E-state index contributed by atoms with van der Waals surface area (Å²) in [6, 6.07) is 5.83. The Hall–Kier alpha value is -1.64. The predicted molar refractivity (Wildman–Crippen MR) is 58.1 cm³/mol. The van der Waals surface area contributed by atoms with Gasteiger partial charge in [-0.1, -0.05) is 26.0 Å². The number of aromatic amines is 1. The molecule has 3 nitrogen and oxygen atoms in total. The highest BCUT2D eigenvalue weighted by atomic mass is 14.9. The molecule has 1 aromatic carbocycles. The Kier molecular flexibility index (Phi) is 2.08. The first-order valence-corrected chi connectivity index (χ1v) is 4.71. The molecular formula is C11H13N3. The van der Waals surface area contributed by atoms with Gasteiger partial charge in [-0.25, -0.2) is 4.98 Å². The minimum atomic E-state index is 0.390. The number of imidazole rings is 1. The second kappa shape index (κ2) is 3.25. The molecule has 72 valence electrons. The molecule has 3 heteroatoms. The van der Waals surface area contributed by atoms with Crippen molar-refractivity contribution in [3.05, 3.63) is 29.6 Å². The van der Waals surface area contributed by atoms with Crippen LogP contribution in [0.2, 0.25) is 0 Å². The quantitative estimate of drug-likeness (QED) is 0.698. The molecule has 0 fully saturated rings. The van der Waals surface area contributed by atoms with Gasteiger partial charge in [-0.3, -0.25) is 0 Å². The van der Waals surface area contributed by atoms with Gasteiger partial charge in [0, 0.05) is 17.7 Å². The van der Waals surface area contributed by atoms with E-state index in [0.717, 1.165) is 22.4 Å². The number of H-pyrrole nitrogens is 1. The molecule has 0 aliphatic heterocycles. The fraction of sp³-hybridized carbons (Fsp3) is 0.273. The minimum absolute atomic E-state index is 0.390. The van der Waals surface area contributed by atoms with E-state index >= 15 is 0 Å². The number of fused-ring (bicyclic) bond motifs is 1. The van der Waals surface area contributed by atoms with Crippen LogP contribution in [-0.2, 0) is 0 Å². The van der Waals surface area contributed by atoms with E-state index in [1.165, 1.54) is 6.21 Å². The molecule has 0 spiro atoms. The molecule has 0 saturated heterocycles. The van der Waals surface area contributed by atoms with Gasteiger partial charge in [-0.05, 0) is 6.07 Å². The lowest BCUT2D eigenvalue weighted by molar-refractivity contribution is 0.799. The molecule has 0 atom stereocenters. The van der Waals surface area contributed by atoms with Crippen molar-refractivity contribution in [2.24, 2.45) is 0 Å². The minimum Gasteiger partial charge on any atom is -0.342 e.